The molecule has 0 amide bonds. The summed E-state index contributed by atoms with van der Waals surface area (Å²) < 4.78 is 17.7. The fraction of sp³-hybridized carbons (Fsp3) is 0.250. The van der Waals surface area contributed by atoms with Crippen LogP contribution < -0.4 is 0 Å². The van der Waals surface area contributed by atoms with E-state index >= 15 is 0 Å². The van der Waals surface area contributed by atoms with Crippen LogP contribution in [0.15, 0.2) is 18.2 Å². The fourth-order valence-corrected chi connectivity index (χ4v) is 1.20. The van der Waals surface area contributed by atoms with Crippen LogP contribution in [0.5, 0.6) is 0 Å². The molecule has 1 aromatic carbocycles. The zero-order valence-electron chi connectivity index (χ0n) is 8.79. The molecule has 0 N–H and O–H groups in total. The van der Waals surface area contributed by atoms with Crippen LogP contribution in [0.3, 0.4) is 0 Å². The molecule has 0 unspecified atom stereocenters. The normalized spacial score (nSPS) is 9.19. The summed E-state index contributed by atoms with van der Waals surface area (Å²) in [5.41, 5.74) is 0.490. The number of carbonyl (C=O) groups excluding carboxylic acids is 1. The Morgan fingerprint density at radius 1 is 1.56 bits per heavy atom. The zero-order valence-corrected chi connectivity index (χ0v) is 9.68. The lowest BCUT2D eigenvalue weighted by molar-refractivity contribution is 0.0595. The molecule has 0 aromatic heterocycles. The van der Waals surface area contributed by atoms with E-state index in [4.69, 9.17) is 0 Å². The minimum absolute atomic E-state index is 0.0971. The minimum Gasteiger partial charge on any atom is -0.465 e. The van der Waals surface area contributed by atoms with E-state index in [9.17, 15) is 9.18 Å². The van der Waals surface area contributed by atoms with Crippen molar-refractivity contribution in [2.75, 3.05) is 12.9 Å². The van der Waals surface area contributed by atoms with Crippen molar-refractivity contribution < 1.29 is 13.9 Å². The molecular formula is C12H11FO2S. The van der Waals surface area contributed by atoms with E-state index in [1.807, 2.05) is 0 Å². The van der Waals surface area contributed by atoms with Gasteiger partial charge in [0.2, 0.25) is 0 Å². The Hall–Kier alpha value is -1.47. The van der Waals surface area contributed by atoms with Gasteiger partial charge in [0.15, 0.2) is 0 Å². The van der Waals surface area contributed by atoms with Gasteiger partial charge in [0.05, 0.1) is 12.7 Å². The number of carbonyl (C=O) groups is 1. The molecule has 0 aliphatic rings. The van der Waals surface area contributed by atoms with Crippen LogP contribution in [0, 0.1) is 17.7 Å². The summed E-state index contributed by atoms with van der Waals surface area (Å²) in [6, 6.07) is 4.11. The number of hydrogen-bond acceptors (Lipinski definition) is 3. The topological polar surface area (TPSA) is 26.3 Å². The number of esters is 1. The smallest absolute Gasteiger partial charge is 0.340 e. The maximum atomic E-state index is 13.2. The molecule has 16 heavy (non-hydrogen) atoms. The Bertz CT molecular complexity index is 446. The van der Waals surface area contributed by atoms with Gasteiger partial charge in [-0.1, -0.05) is 11.8 Å². The summed E-state index contributed by atoms with van der Waals surface area (Å²) in [6.07, 6.45) is 0.647. The summed E-state index contributed by atoms with van der Waals surface area (Å²) in [4.78, 5) is 11.2. The monoisotopic (exact) mass is 238 g/mol. The lowest BCUT2D eigenvalue weighted by atomic mass is 10.1. The van der Waals surface area contributed by atoms with Crippen LogP contribution in [-0.4, -0.2) is 18.8 Å². The third kappa shape index (κ3) is 3.28. The van der Waals surface area contributed by atoms with Crippen LogP contribution >= 0.6 is 12.6 Å². The molecule has 2 nitrogen and oxygen atoms in total. The van der Waals surface area contributed by atoms with Crippen molar-refractivity contribution in [3.63, 3.8) is 0 Å². The Morgan fingerprint density at radius 2 is 2.31 bits per heavy atom. The standard InChI is InChI=1S/C12H11FO2S/c1-15-12(14)10-8-9(4-2-3-7-16)5-6-11(10)13/h5-6,8,16H,3,7H2,1H3. The molecule has 0 heterocycles. The first-order valence-corrected chi connectivity index (χ1v) is 5.30. The Balaban J connectivity index is 2.99. The van der Waals surface area contributed by atoms with Gasteiger partial charge in [0.1, 0.15) is 5.82 Å². The highest BCUT2D eigenvalue weighted by Crippen LogP contribution is 2.11. The summed E-state index contributed by atoms with van der Waals surface area (Å²) in [5, 5.41) is 0. The van der Waals surface area contributed by atoms with Gasteiger partial charge >= 0.3 is 5.97 Å². The van der Waals surface area contributed by atoms with Crippen LogP contribution in [0.4, 0.5) is 4.39 Å². The number of hydrogen-bond donors (Lipinski definition) is 1. The van der Waals surface area contributed by atoms with E-state index in [0.29, 0.717) is 17.7 Å². The zero-order chi connectivity index (χ0) is 12.0. The second-order valence-electron chi connectivity index (χ2n) is 2.96. The first-order chi connectivity index (χ1) is 7.69. The molecule has 0 saturated carbocycles. The van der Waals surface area contributed by atoms with E-state index in [-0.39, 0.29) is 5.56 Å². The summed E-state index contributed by atoms with van der Waals surface area (Å²) >= 11 is 4.01. The third-order valence-corrected chi connectivity index (χ3v) is 2.06. The van der Waals surface area contributed by atoms with Crippen molar-refractivity contribution in [2.45, 2.75) is 6.42 Å². The fourth-order valence-electron chi connectivity index (χ4n) is 1.09. The second kappa shape index (κ2) is 6.19. The highest BCUT2D eigenvalue weighted by Gasteiger charge is 2.11. The van der Waals surface area contributed by atoms with Crippen molar-refractivity contribution in [2.24, 2.45) is 0 Å². The van der Waals surface area contributed by atoms with Gasteiger partial charge in [-0.3, -0.25) is 0 Å². The minimum atomic E-state index is -0.699. The molecule has 0 aliphatic carbocycles. The van der Waals surface area contributed by atoms with Crippen LogP contribution in [-0.2, 0) is 4.74 Å². The third-order valence-electron chi connectivity index (χ3n) is 1.84. The van der Waals surface area contributed by atoms with Crippen LogP contribution in [0.25, 0.3) is 0 Å². The number of thiol groups is 1. The lowest BCUT2D eigenvalue weighted by Gasteiger charge is -2.01. The number of benzene rings is 1. The molecule has 1 aromatic rings. The van der Waals surface area contributed by atoms with Crippen molar-refractivity contribution in [3.05, 3.63) is 35.1 Å². The molecule has 0 aliphatic heterocycles. The molecule has 0 atom stereocenters. The van der Waals surface area contributed by atoms with E-state index < -0.39 is 11.8 Å². The number of ether oxygens (including phenoxy) is 1. The molecule has 0 bridgehead atoms. The molecule has 4 heteroatoms. The Morgan fingerprint density at radius 3 is 2.94 bits per heavy atom. The largest absolute Gasteiger partial charge is 0.465 e. The molecule has 0 saturated heterocycles. The van der Waals surface area contributed by atoms with Gasteiger partial charge in [-0.15, -0.1) is 0 Å². The second-order valence-corrected chi connectivity index (χ2v) is 3.41. The number of rotatable bonds is 2. The van der Waals surface area contributed by atoms with Crippen LogP contribution in [0.2, 0.25) is 0 Å². The summed E-state index contributed by atoms with van der Waals surface area (Å²) in [7, 11) is 1.21. The molecular weight excluding hydrogens is 227 g/mol. The lowest BCUT2D eigenvalue weighted by Crippen LogP contribution is -2.04. The maximum Gasteiger partial charge on any atom is 0.340 e. The van der Waals surface area contributed by atoms with Crippen molar-refractivity contribution >= 4 is 18.6 Å². The summed E-state index contributed by atoms with van der Waals surface area (Å²) in [5.74, 6) is 5.03. The van der Waals surface area contributed by atoms with E-state index in [0.717, 1.165) is 0 Å². The highest BCUT2D eigenvalue weighted by atomic mass is 32.1. The Kier molecular flexibility index (Phi) is 4.87. The van der Waals surface area contributed by atoms with Gasteiger partial charge in [-0.2, -0.15) is 12.6 Å². The van der Waals surface area contributed by atoms with Gasteiger partial charge < -0.3 is 4.74 Å². The summed E-state index contributed by atoms with van der Waals surface area (Å²) in [6.45, 7) is 0. The maximum absolute atomic E-state index is 13.2. The van der Waals surface area contributed by atoms with Crippen molar-refractivity contribution in [1.82, 2.24) is 0 Å². The van der Waals surface area contributed by atoms with Gasteiger partial charge in [0.25, 0.3) is 0 Å². The van der Waals surface area contributed by atoms with E-state index in [2.05, 4.69) is 29.2 Å². The average Bonchev–Trinajstić information content (AvgIpc) is 2.30. The predicted molar refractivity (Wildman–Crippen MR) is 63.1 cm³/mol. The van der Waals surface area contributed by atoms with Crippen molar-refractivity contribution in [3.8, 4) is 11.8 Å². The Labute approximate surface area is 99.2 Å². The number of halogens is 1. The SMILES string of the molecule is COC(=O)c1cc(C#CCCS)ccc1F. The highest BCUT2D eigenvalue weighted by molar-refractivity contribution is 7.80. The predicted octanol–water partition coefficient (Wildman–Crippen LogP) is 2.28. The molecule has 84 valence electrons. The van der Waals surface area contributed by atoms with Crippen LogP contribution in [0.1, 0.15) is 22.3 Å². The average molecular weight is 238 g/mol. The van der Waals surface area contributed by atoms with E-state index in [1.54, 1.807) is 0 Å². The first-order valence-electron chi connectivity index (χ1n) is 4.66. The molecule has 0 spiro atoms. The van der Waals surface area contributed by atoms with Gasteiger partial charge in [-0.05, 0) is 18.2 Å². The molecule has 1 rings (SSSR count). The first kappa shape index (κ1) is 12.6. The number of methoxy groups -OCH3 is 1. The van der Waals surface area contributed by atoms with E-state index in [1.165, 1.54) is 25.3 Å². The quantitative estimate of drug-likeness (QED) is 0.486. The molecule has 0 radical (unpaired) electrons. The van der Waals surface area contributed by atoms with Gasteiger partial charge in [-0.25, -0.2) is 9.18 Å². The molecule has 0 fully saturated rings. The van der Waals surface area contributed by atoms with Gasteiger partial charge in [0, 0.05) is 17.7 Å². The van der Waals surface area contributed by atoms with Crippen molar-refractivity contribution in [1.29, 1.82) is 0 Å².